The van der Waals surface area contributed by atoms with Gasteiger partial charge in [0.2, 0.25) is 5.91 Å². The Kier molecular flexibility index (Phi) is 5.58. The number of nitriles is 1. The minimum Gasteiger partial charge on any atom is -0.273 e. The maximum absolute atomic E-state index is 11.7. The zero-order valence-corrected chi connectivity index (χ0v) is 12.1. The van der Waals surface area contributed by atoms with Crippen LogP contribution in [0.2, 0.25) is 5.15 Å². The first kappa shape index (κ1) is 15.3. The zero-order valence-electron chi connectivity index (χ0n) is 11.3. The lowest BCUT2D eigenvalue weighted by Crippen LogP contribution is -2.43. The second-order valence-electron chi connectivity index (χ2n) is 4.10. The van der Waals surface area contributed by atoms with Gasteiger partial charge in [-0.3, -0.25) is 15.2 Å². The molecule has 1 N–H and O–H groups in total. The number of nitrogens with zero attached hydrogens (tertiary/aromatic N) is 3. The van der Waals surface area contributed by atoms with E-state index in [9.17, 15) is 10.1 Å². The number of pyridine rings is 1. The van der Waals surface area contributed by atoms with Gasteiger partial charge in [-0.15, -0.1) is 0 Å². The van der Waals surface area contributed by atoms with E-state index in [2.05, 4.69) is 16.5 Å². The van der Waals surface area contributed by atoms with Crippen molar-refractivity contribution in [2.24, 2.45) is 0 Å². The number of hydrogen-bond donors (Lipinski definition) is 1. The molecular formula is C13H17ClN4O. The summed E-state index contributed by atoms with van der Waals surface area (Å²) in [4.78, 5) is 15.8. The van der Waals surface area contributed by atoms with E-state index in [1.54, 1.807) is 18.0 Å². The number of aromatic nitrogens is 1. The van der Waals surface area contributed by atoms with Crippen molar-refractivity contribution < 1.29 is 4.79 Å². The van der Waals surface area contributed by atoms with E-state index in [4.69, 9.17) is 11.6 Å². The van der Waals surface area contributed by atoms with Crippen molar-refractivity contribution in [2.75, 3.05) is 11.6 Å². The van der Waals surface area contributed by atoms with Crippen LogP contribution < -0.4 is 10.4 Å². The molecule has 102 valence electrons. The summed E-state index contributed by atoms with van der Waals surface area (Å²) in [5.41, 5.74) is 3.89. The lowest BCUT2D eigenvalue weighted by molar-refractivity contribution is -0.121. The number of carbonyl (C=O) groups excluding carboxylic acids is 1. The molecule has 1 aromatic rings. The topological polar surface area (TPSA) is 69.0 Å². The third-order valence-electron chi connectivity index (χ3n) is 2.59. The Morgan fingerprint density at radius 2 is 2.26 bits per heavy atom. The summed E-state index contributed by atoms with van der Waals surface area (Å²) in [6.45, 7) is 6.08. The Labute approximate surface area is 118 Å². The fraction of sp³-hybridized carbons (Fsp3) is 0.462. The molecule has 1 aromatic heterocycles. The van der Waals surface area contributed by atoms with E-state index in [1.807, 2.05) is 13.8 Å². The summed E-state index contributed by atoms with van der Waals surface area (Å²) in [5.74, 6) is 0.284. The number of amides is 1. The van der Waals surface area contributed by atoms with Crippen LogP contribution >= 0.6 is 11.6 Å². The van der Waals surface area contributed by atoms with Gasteiger partial charge in [0.05, 0.1) is 5.56 Å². The molecule has 0 atom stereocenters. The molecular weight excluding hydrogens is 264 g/mol. The normalized spacial score (nSPS) is 9.84. The molecule has 1 amide bonds. The van der Waals surface area contributed by atoms with Crippen LogP contribution in [0.25, 0.3) is 0 Å². The highest BCUT2D eigenvalue weighted by Gasteiger charge is 2.16. The van der Waals surface area contributed by atoms with Crippen molar-refractivity contribution in [1.82, 2.24) is 10.4 Å². The molecule has 1 rings (SSSR count). The number of rotatable bonds is 5. The van der Waals surface area contributed by atoms with Crippen LogP contribution in [0.3, 0.4) is 0 Å². The summed E-state index contributed by atoms with van der Waals surface area (Å²) in [6.07, 6.45) is 1.19. The van der Waals surface area contributed by atoms with Crippen LogP contribution in [-0.2, 0) is 4.79 Å². The van der Waals surface area contributed by atoms with Crippen LogP contribution in [0.1, 0.15) is 37.8 Å². The van der Waals surface area contributed by atoms with E-state index < -0.39 is 0 Å². The van der Waals surface area contributed by atoms with E-state index in [1.165, 1.54) is 0 Å². The van der Waals surface area contributed by atoms with Crippen LogP contribution in [0.15, 0.2) is 6.07 Å². The summed E-state index contributed by atoms with van der Waals surface area (Å²) in [7, 11) is 0. The third kappa shape index (κ3) is 3.83. The molecule has 0 aliphatic rings. The van der Waals surface area contributed by atoms with Gasteiger partial charge in [-0.05, 0) is 31.9 Å². The summed E-state index contributed by atoms with van der Waals surface area (Å²) in [5, 5.41) is 11.1. The molecule has 0 fully saturated rings. The van der Waals surface area contributed by atoms with Crippen LogP contribution in [0, 0.1) is 18.3 Å². The monoisotopic (exact) mass is 280 g/mol. The van der Waals surface area contributed by atoms with Crippen LogP contribution in [-0.4, -0.2) is 17.4 Å². The second kappa shape index (κ2) is 6.95. The third-order valence-corrected chi connectivity index (χ3v) is 2.78. The molecule has 0 radical (unpaired) electrons. The number of anilines is 1. The SMILES string of the molecule is CCCC(=O)NN(CC)c1nc(Cl)cc(C)c1C#N. The largest absolute Gasteiger partial charge is 0.273 e. The quantitative estimate of drug-likeness (QED) is 0.665. The van der Waals surface area contributed by atoms with Crippen molar-refractivity contribution in [2.45, 2.75) is 33.6 Å². The van der Waals surface area contributed by atoms with Crippen LogP contribution in [0.4, 0.5) is 5.82 Å². The highest BCUT2D eigenvalue weighted by Crippen LogP contribution is 2.23. The molecule has 0 aliphatic carbocycles. The lowest BCUT2D eigenvalue weighted by atomic mass is 10.1. The second-order valence-corrected chi connectivity index (χ2v) is 4.49. The van der Waals surface area contributed by atoms with Gasteiger partial charge in [0.1, 0.15) is 11.2 Å². The highest BCUT2D eigenvalue weighted by molar-refractivity contribution is 6.29. The zero-order chi connectivity index (χ0) is 14.4. The Bertz CT molecular complexity index is 510. The van der Waals surface area contributed by atoms with Gasteiger partial charge >= 0.3 is 0 Å². The van der Waals surface area contributed by atoms with Gasteiger partial charge in [0, 0.05) is 13.0 Å². The van der Waals surface area contributed by atoms with Crippen molar-refractivity contribution in [3.8, 4) is 6.07 Å². The molecule has 5 nitrogen and oxygen atoms in total. The Morgan fingerprint density at radius 3 is 2.79 bits per heavy atom. The molecule has 1 heterocycles. The van der Waals surface area contributed by atoms with Crippen molar-refractivity contribution >= 4 is 23.3 Å². The fourth-order valence-corrected chi connectivity index (χ4v) is 1.91. The fourth-order valence-electron chi connectivity index (χ4n) is 1.67. The minimum atomic E-state index is -0.104. The van der Waals surface area contributed by atoms with E-state index in [0.717, 1.165) is 12.0 Å². The van der Waals surface area contributed by atoms with Crippen molar-refractivity contribution in [1.29, 1.82) is 5.26 Å². The molecule has 0 spiro atoms. The minimum absolute atomic E-state index is 0.104. The van der Waals surface area contributed by atoms with Gasteiger partial charge < -0.3 is 0 Å². The number of aryl methyl sites for hydroxylation is 1. The highest BCUT2D eigenvalue weighted by atomic mass is 35.5. The number of hydrogen-bond acceptors (Lipinski definition) is 4. The summed E-state index contributed by atoms with van der Waals surface area (Å²) in [6, 6.07) is 3.73. The van der Waals surface area contributed by atoms with Gasteiger partial charge in [-0.25, -0.2) is 4.98 Å². The molecule has 0 aliphatic heterocycles. The molecule has 0 saturated heterocycles. The number of carbonyl (C=O) groups is 1. The standard InChI is InChI=1S/C13H17ClN4O/c1-4-6-12(19)17-18(5-2)13-10(8-15)9(3)7-11(14)16-13/h7H,4-6H2,1-3H3,(H,17,19). The van der Waals surface area contributed by atoms with Crippen molar-refractivity contribution in [3.05, 3.63) is 22.3 Å². The molecule has 0 unspecified atom stereocenters. The van der Waals surface area contributed by atoms with Gasteiger partial charge in [0.25, 0.3) is 0 Å². The van der Waals surface area contributed by atoms with E-state index in [0.29, 0.717) is 29.5 Å². The summed E-state index contributed by atoms with van der Waals surface area (Å²) >= 11 is 5.92. The predicted molar refractivity (Wildman–Crippen MR) is 74.8 cm³/mol. The first-order valence-electron chi connectivity index (χ1n) is 6.17. The number of hydrazine groups is 1. The Hall–Kier alpha value is -1.80. The molecule has 19 heavy (non-hydrogen) atoms. The van der Waals surface area contributed by atoms with E-state index in [-0.39, 0.29) is 5.91 Å². The van der Waals surface area contributed by atoms with Gasteiger partial charge in [-0.2, -0.15) is 5.26 Å². The van der Waals surface area contributed by atoms with Crippen LogP contribution in [0.5, 0.6) is 0 Å². The molecule has 6 heteroatoms. The predicted octanol–water partition coefficient (Wildman–Crippen LogP) is 2.57. The average Bonchev–Trinajstić information content (AvgIpc) is 2.35. The molecule has 0 aromatic carbocycles. The first-order valence-corrected chi connectivity index (χ1v) is 6.55. The maximum atomic E-state index is 11.7. The Balaban J connectivity index is 3.11. The maximum Gasteiger partial charge on any atom is 0.238 e. The van der Waals surface area contributed by atoms with Gasteiger partial charge in [0.15, 0.2) is 5.82 Å². The number of nitrogens with one attached hydrogen (secondary N) is 1. The lowest BCUT2D eigenvalue weighted by Gasteiger charge is -2.24. The Morgan fingerprint density at radius 1 is 1.58 bits per heavy atom. The average molecular weight is 281 g/mol. The smallest absolute Gasteiger partial charge is 0.238 e. The number of halogens is 1. The summed E-state index contributed by atoms with van der Waals surface area (Å²) < 4.78 is 0. The van der Waals surface area contributed by atoms with Crippen molar-refractivity contribution in [3.63, 3.8) is 0 Å². The van der Waals surface area contributed by atoms with Gasteiger partial charge in [-0.1, -0.05) is 18.5 Å². The van der Waals surface area contributed by atoms with E-state index >= 15 is 0 Å². The molecule has 0 saturated carbocycles. The molecule has 0 bridgehead atoms. The first-order chi connectivity index (χ1) is 9.03.